The summed E-state index contributed by atoms with van der Waals surface area (Å²) in [4.78, 5) is 15.9. The van der Waals surface area contributed by atoms with Gasteiger partial charge in [-0.3, -0.25) is 4.79 Å². The molecule has 1 aromatic heterocycles. The van der Waals surface area contributed by atoms with Crippen LogP contribution in [-0.2, 0) is 16.4 Å². The second-order valence-corrected chi connectivity index (χ2v) is 6.50. The summed E-state index contributed by atoms with van der Waals surface area (Å²) in [7, 11) is -3.86. The van der Waals surface area contributed by atoms with Crippen molar-refractivity contribution in [3.63, 3.8) is 0 Å². The van der Waals surface area contributed by atoms with Gasteiger partial charge in [-0.05, 0) is 36.2 Å². The zero-order valence-corrected chi connectivity index (χ0v) is 13.3. The van der Waals surface area contributed by atoms with Gasteiger partial charge >= 0.3 is 0 Å². The minimum absolute atomic E-state index is 0.00290. The highest BCUT2D eigenvalue weighted by atomic mass is 35.5. The summed E-state index contributed by atoms with van der Waals surface area (Å²) in [5, 5.41) is 8.19. The van der Waals surface area contributed by atoms with Crippen LogP contribution in [0.2, 0.25) is 5.02 Å². The van der Waals surface area contributed by atoms with Crippen molar-refractivity contribution in [1.82, 2.24) is 4.98 Å². The second-order valence-electron chi connectivity index (χ2n) is 4.54. The Morgan fingerprint density at radius 1 is 1.32 bits per heavy atom. The second kappa shape index (κ2) is 6.43. The third-order valence-corrected chi connectivity index (χ3v) is 4.19. The number of benzene rings is 1. The van der Waals surface area contributed by atoms with E-state index in [0.717, 1.165) is 0 Å². The molecule has 0 saturated carbocycles. The van der Waals surface area contributed by atoms with Crippen molar-refractivity contribution in [2.75, 3.05) is 5.32 Å². The number of pyridine rings is 1. The van der Waals surface area contributed by atoms with E-state index >= 15 is 0 Å². The number of aryl methyl sites for hydroxylation is 1. The molecule has 0 aliphatic carbocycles. The lowest BCUT2D eigenvalue weighted by Crippen LogP contribution is -2.17. The molecule has 0 aliphatic rings. The molecule has 0 atom stereocenters. The summed E-state index contributed by atoms with van der Waals surface area (Å²) >= 11 is 5.71. The molecule has 8 heteroatoms. The number of primary sulfonamides is 1. The average Bonchev–Trinajstić information content (AvgIpc) is 2.47. The number of rotatable bonds is 4. The lowest BCUT2D eigenvalue weighted by atomic mass is 10.1. The summed E-state index contributed by atoms with van der Waals surface area (Å²) in [6.45, 7) is 1.82. The Kier molecular flexibility index (Phi) is 4.80. The molecule has 1 amide bonds. The number of aromatic nitrogens is 1. The Balaban J connectivity index is 2.30. The first kappa shape index (κ1) is 16.4. The van der Waals surface area contributed by atoms with Crippen molar-refractivity contribution < 1.29 is 13.2 Å². The first-order valence-electron chi connectivity index (χ1n) is 6.40. The van der Waals surface area contributed by atoms with E-state index in [0.29, 0.717) is 22.7 Å². The van der Waals surface area contributed by atoms with Gasteiger partial charge in [0.2, 0.25) is 10.0 Å². The number of nitrogens with zero attached hydrogens (tertiary/aromatic N) is 1. The molecule has 0 saturated heterocycles. The van der Waals surface area contributed by atoms with Crippen LogP contribution in [0.3, 0.4) is 0 Å². The highest BCUT2D eigenvalue weighted by Crippen LogP contribution is 2.21. The predicted molar refractivity (Wildman–Crippen MR) is 84.4 cm³/mol. The van der Waals surface area contributed by atoms with E-state index in [9.17, 15) is 13.2 Å². The van der Waals surface area contributed by atoms with Crippen LogP contribution in [0, 0.1) is 0 Å². The lowest BCUT2D eigenvalue weighted by Gasteiger charge is -2.10. The van der Waals surface area contributed by atoms with Gasteiger partial charge in [0.05, 0.1) is 9.92 Å². The topological polar surface area (TPSA) is 102 Å². The molecule has 116 valence electrons. The van der Waals surface area contributed by atoms with Crippen molar-refractivity contribution in [1.29, 1.82) is 0 Å². The minimum atomic E-state index is -3.86. The molecule has 1 aromatic carbocycles. The van der Waals surface area contributed by atoms with Crippen LogP contribution in [0.25, 0.3) is 0 Å². The molecule has 0 radical (unpaired) electrons. The Morgan fingerprint density at radius 2 is 2.05 bits per heavy atom. The van der Waals surface area contributed by atoms with E-state index in [1.54, 1.807) is 18.2 Å². The van der Waals surface area contributed by atoms with E-state index in [2.05, 4.69) is 10.3 Å². The maximum absolute atomic E-state index is 12.0. The summed E-state index contributed by atoms with van der Waals surface area (Å²) in [6, 6.07) is 7.58. The number of amides is 1. The van der Waals surface area contributed by atoms with Gasteiger partial charge < -0.3 is 5.32 Å². The van der Waals surface area contributed by atoms with Crippen molar-refractivity contribution in [3.8, 4) is 0 Å². The van der Waals surface area contributed by atoms with Crippen molar-refractivity contribution in [2.24, 2.45) is 5.14 Å². The third-order valence-electron chi connectivity index (χ3n) is 2.97. The Labute approximate surface area is 133 Å². The maximum atomic E-state index is 12.0. The van der Waals surface area contributed by atoms with Gasteiger partial charge in [-0.1, -0.05) is 24.6 Å². The highest BCUT2D eigenvalue weighted by Gasteiger charge is 2.15. The Hall–Kier alpha value is -1.96. The molecule has 0 fully saturated rings. The first-order chi connectivity index (χ1) is 10.3. The fourth-order valence-electron chi connectivity index (χ4n) is 1.89. The van der Waals surface area contributed by atoms with Crippen LogP contribution in [0.1, 0.15) is 23.0 Å². The molecule has 0 bridgehead atoms. The number of nitrogens with one attached hydrogen (secondary N) is 1. The van der Waals surface area contributed by atoms with E-state index in [1.165, 1.54) is 18.3 Å². The van der Waals surface area contributed by atoms with E-state index in [4.69, 9.17) is 16.7 Å². The van der Waals surface area contributed by atoms with Gasteiger partial charge in [-0.2, -0.15) is 0 Å². The number of carbonyl (C=O) groups excluding carboxylic acids is 1. The highest BCUT2D eigenvalue weighted by molar-refractivity contribution is 7.89. The molecule has 2 aromatic rings. The zero-order valence-electron chi connectivity index (χ0n) is 11.7. The molecular weight excluding hydrogens is 326 g/mol. The molecule has 6 nitrogen and oxygen atoms in total. The number of sulfonamides is 1. The molecule has 1 heterocycles. The Bertz CT molecular complexity index is 805. The van der Waals surface area contributed by atoms with E-state index in [1.807, 2.05) is 6.92 Å². The van der Waals surface area contributed by atoms with Crippen LogP contribution in [-0.4, -0.2) is 19.3 Å². The van der Waals surface area contributed by atoms with E-state index in [-0.39, 0.29) is 10.6 Å². The fourth-order valence-corrected chi connectivity index (χ4v) is 2.88. The zero-order chi connectivity index (χ0) is 16.3. The van der Waals surface area contributed by atoms with Gasteiger partial charge in [0, 0.05) is 11.9 Å². The molecule has 0 spiro atoms. The minimum Gasteiger partial charge on any atom is -0.321 e. The van der Waals surface area contributed by atoms with E-state index < -0.39 is 15.9 Å². The van der Waals surface area contributed by atoms with Crippen molar-refractivity contribution >= 4 is 33.2 Å². The van der Waals surface area contributed by atoms with Gasteiger partial charge in [0.25, 0.3) is 5.91 Å². The maximum Gasteiger partial charge on any atom is 0.274 e. The molecular formula is C14H14ClN3O3S. The van der Waals surface area contributed by atoms with Gasteiger partial charge in [-0.25, -0.2) is 18.5 Å². The molecule has 0 aliphatic heterocycles. The van der Waals surface area contributed by atoms with Crippen molar-refractivity contribution in [3.05, 3.63) is 52.8 Å². The van der Waals surface area contributed by atoms with Gasteiger partial charge in [-0.15, -0.1) is 0 Å². The number of anilines is 1. The summed E-state index contributed by atoms with van der Waals surface area (Å²) in [5.41, 5.74) is 1.08. The fraction of sp³-hybridized carbons (Fsp3) is 0.143. The monoisotopic (exact) mass is 339 g/mol. The quantitative estimate of drug-likeness (QED) is 0.891. The number of carbonyl (C=O) groups is 1. The van der Waals surface area contributed by atoms with Crippen molar-refractivity contribution in [2.45, 2.75) is 18.2 Å². The Morgan fingerprint density at radius 3 is 2.59 bits per heavy atom. The normalized spacial score (nSPS) is 11.2. The molecule has 3 N–H and O–H groups in total. The first-order valence-corrected chi connectivity index (χ1v) is 8.32. The van der Waals surface area contributed by atoms with Crippen LogP contribution in [0.4, 0.5) is 5.69 Å². The van der Waals surface area contributed by atoms with Gasteiger partial charge in [0.15, 0.2) is 0 Å². The molecule has 2 rings (SSSR count). The third kappa shape index (κ3) is 3.82. The number of hydrogen-bond donors (Lipinski definition) is 2. The van der Waals surface area contributed by atoms with Crippen LogP contribution < -0.4 is 10.5 Å². The summed E-state index contributed by atoms with van der Waals surface area (Å²) in [5.74, 6) is -0.471. The number of hydrogen-bond acceptors (Lipinski definition) is 4. The largest absolute Gasteiger partial charge is 0.321 e. The average molecular weight is 340 g/mol. The van der Waals surface area contributed by atoms with Crippen LogP contribution in [0.5, 0.6) is 0 Å². The number of nitrogens with two attached hydrogens (primary N) is 1. The smallest absolute Gasteiger partial charge is 0.274 e. The van der Waals surface area contributed by atoms with Crippen LogP contribution >= 0.6 is 11.6 Å². The lowest BCUT2D eigenvalue weighted by molar-refractivity contribution is 0.102. The number of halogens is 1. The summed E-state index contributed by atoms with van der Waals surface area (Å²) in [6.07, 6.45) is 1.87. The van der Waals surface area contributed by atoms with Gasteiger partial charge in [0.1, 0.15) is 5.69 Å². The van der Waals surface area contributed by atoms with Crippen LogP contribution in [0.15, 0.2) is 41.4 Å². The predicted octanol–water partition coefficient (Wildman–Crippen LogP) is 2.20. The SMILES string of the molecule is CCc1ccc(NC(=O)c2ccc(Cl)cn2)cc1S(N)(=O)=O. The standard InChI is InChI=1S/C14H14ClN3O3S/c1-2-9-3-5-11(7-13(9)22(16,20)21)18-14(19)12-6-4-10(15)8-17-12/h3-8H,2H2,1H3,(H,18,19)(H2,16,20,21). The summed E-state index contributed by atoms with van der Waals surface area (Å²) < 4.78 is 23.2. The molecule has 0 unspecified atom stereocenters. The molecule has 22 heavy (non-hydrogen) atoms.